The lowest BCUT2D eigenvalue weighted by Gasteiger charge is -2.31. The number of rotatable bonds is 7. The van der Waals surface area contributed by atoms with Crippen LogP contribution in [0.2, 0.25) is 0 Å². The van der Waals surface area contributed by atoms with E-state index in [0.717, 1.165) is 25.0 Å². The van der Waals surface area contributed by atoms with Gasteiger partial charge in [0.2, 0.25) is 11.1 Å². The molecule has 3 aromatic rings. The molecule has 1 atom stereocenters. The number of nitrogens with zero attached hydrogens (tertiary/aromatic N) is 4. The van der Waals surface area contributed by atoms with E-state index in [1.54, 1.807) is 42.5 Å². The van der Waals surface area contributed by atoms with Gasteiger partial charge in [-0.2, -0.15) is 0 Å². The largest absolute Gasteiger partial charge is 0.325 e. The molecule has 0 spiro atoms. The number of H-pyrrole nitrogens is 1. The van der Waals surface area contributed by atoms with Gasteiger partial charge in [0.15, 0.2) is 0 Å². The van der Waals surface area contributed by atoms with E-state index in [-0.39, 0.29) is 28.4 Å². The minimum atomic E-state index is -0.980. The second-order valence-electron chi connectivity index (χ2n) is 7.70. The highest BCUT2D eigenvalue weighted by molar-refractivity contribution is 7.99. The van der Waals surface area contributed by atoms with Gasteiger partial charge in [0, 0.05) is 23.8 Å². The summed E-state index contributed by atoms with van der Waals surface area (Å²) in [7, 11) is 0. The molecule has 33 heavy (non-hydrogen) atoms. The summed E-state index contributed by atoms with van der Waals surface area (Å²) in [6.07, 6.45) is 2.14. The van der Waals surface area contributed by atoms with Crippen LogP contribution in [0.1, 0.15) is 44.8 Å². The van der Waals surface area contributed by atoms with E-state index < -0.39 is 11.1 Å². The summed E-state index contributed by atoms with van der Waals surface area (Å²) in [4.78, 5) is 41.8. The van der Waals surface area contributed by atoms with Crippen LogP contribution in [0.4, 0.5) is 11.4 Å². The van der Waals surface area contributed by atoms with Crippen LogP contribution in [0, 0.1) is 10.1 Å². The van der Waals surface area contributed by atoms with Gasteiger partial charge in [-0.1, -0.05) is 55.8 Å². The van der Waals surface area contributed by atoms with E-state index in [4.69, 9.17) is 0 Å². The Morgan fingerprint density at radius 1 is 1.21 bits per heavy atom. The number of carbonyl (C=O) groups is 1. The minimum absolute atomic E-state index is 0.147. The van der Waals surface area contributed by atoms with Crippen LogP contribution in [0.5, 0.6) is 0 Å². The first-order valence-electron chi connectivity index (χ1n) is 10.8. The SMILES string of the molecule is CCCCCSc1n[n+]2c(c(=O)[nH]1)-c1ccccc1N(C(C)=O)C2c1ccccc1[N+](=O)[O-]. The summed E-state index contributed by atoms with van der Waals surface area (Å²) >= 11 is 1.42. The van der Waals surface area contributed by atoms with Crippen LogP contribution in [-0.4, -0.2) is 26.7 Å². The molecule has 10 heteroatoms. The molecule has 2 heterocycles. The molecule has 2 aromatic carbocycles. The van der Waals surface area contributed by atoms with Crippen molar-refractivity contribution >= 4 is 29.0 Å². The van der Waals surface area contributed by atoms with Crippen LogP contribution in [0.3, 0.4) is 0 Å². The number of benzene rings is 2. The van der Waals surface area contributed by atoms with Gasteiger partial charge >= 0.3 is 11.3 Å². The number of thioether (sulfide) groups is 1. The van der Waals surface area contributed by atoms with E-state index in [1.807, 2.05) is 0 Å². The maximum atomic E-state index is 13.2. The molecule has 170 valence electrons. The standard InChI is InChI=1S/C23H23N5O4S/c1-3-4-9-14-33-23-24-21(30)20-16-10-5-7-12-18(16)26(15(2)29)22(27(20)25-23)17-11-6-8-13-19(17)28(31)32/h5-8,10-13,22H,3-4,9,14H2,1-2H3/p+1. The predicted octanol–water partition coefficient (Wildman–Crippen LogP) is 3.83. The van der Waals surface area contributed by atoms with Crippen molar-refractivity contribution in [2.75, 3.05) is 10.7 Å². The van der Waals surface area contributed by atoms with Gasteiger partial charge in [0.25, 0.3) is 11.9 Å². The zero-order chi connectivity index (χ0) is 23.5. The molecule has 1 unspecified atom stereocenters. The van der Waals surface area contributed by atoms with Crippen molar-refractivity contribution in [2.45, 2.75) is 44.4 Å². The number of unbranched alkanes of at least 4 members (excludes halogenated alkanes) is 2. The van der Waals surface area contributed by atoms with Gasteiger partial charge in [0.1, 0.15) is 5.56 Å². The highest BCUT2D eigenvalue weighted by Crippen LogP contribution is 2.39. The molecule has 1 aliphatic rings. The van der Waals surface area contributed by atoms with Crippen LogP contribution in [0.25, 0.3) is 11.3 Å². The maximum absolute atomic E-state index is 13.2. The fourth-order valence-electron chi connectivity index (χ4n) is 4.05. The number of nitro benzene ring substituents is 1. The van der Waals surface area contributed by atoms with Gasteiger partial charge in [-0.3, -0.25) is 24.7 Å². The Balaban J connectivity index is 1.97. The number of anilines is 1. The van der Waals surface area contributed by atoms with Crippen molar-refractivity contribution in [1.82, 2.24) is 10.1 Å². The molecule has 0 bridgehead atoms. The van der Waals surface area contributed by atoms with Crippen LogP contribution < -0.4 is 15.1 Å². The maximum Gasteiger partial charge on any atom is 0.325 e. The lowest BCUT2D eigenvalue weighted by molar-refractivity contribution is -0.763. The number of hydrogen-bond donors (Lipinski definition) is 1. The summed E-state index contributed by atoms with van der Waals surface area (Å²) in [6.45, 7) is 3.52. The Labute approximate surface area is 194 Å². The van der Waals surface area contributed by atoms with Gasteiger partial charge < -0.3 is 0 Å². The summed E-state index contributed by atoms with van der Waals surface area (Å²) in [5.41, 5.74) is 1.07. The third kappa shape index (κ3) is 4.25. The van der Waals surface area contributed by atoms with E-state index in [2.05, 4.69) is 17.0 Å². The van der Waals surface area contributed by atoms with Crippen LogP contribution in [-0.2, 0) is 4.79 Å². The second kappa shape index (κ2) is 9.53. The molecule has 0 aliphatic carbocycles. The Morgan fingerprint density at radius 3 is 2.67 bits per heavy atom. The zero-order valence-corrected chi connectivity index (χ0v) is 19.2. The van der Waals surface area contributed by atoms with E-state index in [0.29, 0.717) is 16.4 Å². The zero-order valence-electron chi connectivity index (χ0n) is 18.4. The van der Waals surface area contributed by atoms with Gasteiger partial charge in [-0.05, 0) is 29.3 Å². The topological polar surface area (TPSA) is 113 Å². The third-order valence-corrected chi connectivity index (χ3v) is 6.45. The highest BCUT2D eigenvalue weighted by atomic mass is 32.2. The number of fused-ring (bicyclic) bond motifs is 3. The number of para-hydroxylation sites is 2. The summed E-state index contributed by atoms with van der Waals surface area (Å²) in [5, 5.41) is 16.9. The Bertz CT molecular complexity index is 1280. The van der Waals surface area contributed by atoms with Gasteiger partial charge in [0.05, 0.1) is 16.2 Å². The summed E-state index contributed by atoms with van der Waals surface area (Å²) < 4.78 is 1.45. The van der Waals surface area contributed by atoms with E-state index in [9.17, 15) is 19.7 Å². The van der Waals surface area contributed by atoms with Crippen molar-refractivity contribution in [2.24, 2.45) is 0 Å². The molecule has 0 saturated heterocycles. The second-order valence-corrected chi connectivity index (χ2v) is 8.79. The molecular formula is C23H24N5O4S+. The molecular weight excluding hydrogens is 442 g/mol. The first-order chi connectivity index (χ1) is 15.9. The number of aromatic nitrogens is 3. The minimum Gasteiger partial charge on any atom is -0.291 e. The first-order valence-corrected chi connectivity index (χ1v) is 11.7. The molecule has 0 radical (unpaired) electrons. The molecule has 1 amide bonds. The Hall–Kier alpha value is -3.53. The fraction of sp³-hybridized carbons (Fsp3) is 0.304. The first kappa shape index (κ1) is 22.7. The third-order valence-electron chi connectivity index (χ3n) is 5.50. The number of nitrogens with one attached hydrogen (secondary N) is 1. The number of nitro groups is 1. The van der Waals surface area contributed by atoms with Gasteiger partial charge in [-0.15, -0.1) is 0 Å². The molecule has 4 rings (SSSR count). The van der Waals surface area contributed by atoms with Gasteiger partial charge in [-0.25, -0.2) is 4.90 Å². The highest BCUT2D eigenvalue weighted by Gasteiger charge is 2.47. The van der Waals surface area contributed by atoms with Crippen molar-refractivity contribution in [3.05, 3.63) is 74.6 Å². The van der Waals surface area contributed by atoms with Crippen LogP contribution in [0.15, 0.2) is 58.5 Å². The fourth-order valence-corrected chi connectivity index (χ4v) is 4.90. The average Bonchev–Trinajstić information content (AvgIpc) is 2.80. The Morgan fingerprint density at radius 2 is 1.94 bits per heavy atom. The van der Waals surface area contributed by atoms with Crippen molar-refractivity contribution in [3.63, 3.8) is 0 Å². The number of aromatic amines is 1. The molecule has 9 nitrogen and oxygen atoms in total. The molecule has 0 fully saturated rings. The van der Waals surface area contributed by atoms with Crippen molar-refractivity contribution < 1.29 is 14.4 Å². The monoisotopic (exact) mass is 466 g/mol. The predicted molar refractivity (Wildman–Crippen MR) is 125 cm³/mol. The molecule has 0 saturated carbocycles. The number of carbonyl (C=O) groups excluding carboxylic acids is 1. The van der Waals surface area contributed by atoms with Crippen molar-refractivity contribution in [3.8, 4) is 11.3 Å². The summed E-state index contributed by atoms with van der Waals surface area (Å²) in [5.74, 6) is 0.460. The number of amides is 1. The molecule has 1 aromatic heterocycles. The smallest absolute Gasteiger partial charge is 0.291 e. The van der Waals surface area contributed by atoms with E-state index in [1.165, 1.54) is 34.3 Å². The molecule has 1 aliphatic heterocycles. The van der Waals surface area contributed by atoms with E-state index >= 15 is 0 Å². The summed E-state index contributed by atoms with van der Waals surface area (Å²) in [6, 6.07) is 13.3. The van der Waals surface area contributed by atoms with Crippen molar-refractivity contribution in [1.29, 1.82) is 0 Å². The van der Waals surface area contributed by atoms with Crippen LogP contribution >= 0.6 is 11.8 Å². The average molecular weight is 467 g/mol. The Kier molecular flexibility index (Phi) is 6.55. The lowest BCUT2D eigenvalue weighted by Crippen LogP contribution is -2.60. The molecule has 1 N–H and O–H groups in total. The quantitative estimate of drug-likeness (QED) is 0.186. The number of hydrogen-bond acceptors (Lipinski definition) is 6. The normalized spacial score (nSPS) is 14.5. The lowest BCUT2D eigenvalue weighted by atomic mass is 10.0.